The Hall–Kier alpha value is -3.79. The zero-order valence-corrected chi connectivity index (χ0v) is 27.3. The molecule has 224 valence electrons. The largest absolute Gasteiger partial charge is 0.458 e. The average molecular weight is 621 g/mol. The van der Waals surface area contributed by atoms with Crippen LogP contribution < -0.4 is 15.9 Å². The maximum Gasteiger partial charge on any atom is 0.354 e. The molecule has 1 fully saturated rings. The lowest BCUT2D eigenvalue weighted by molar-refractivity contribution is -0.154. The molecule has 2 aliphatic heterocycles. The molecule has 6 rings (SSSR count). The van der Waals surface area contributed by atoms with E-state index in [-0.39, 0.29) is 36.4 Å². The van der Waals surface area contributed by atoms with Crippen LogP contribution in [0.4, 0.5) is 0 Å². The van der Waals surface area contributed by atoms with Gasteiger partial charge in [0, 0.05) is 9.75 Å². The molecule has 0 saturated carbocycles. The summed E-state index contributed by atoms with van der Waals surface area (Å²) in [6.45, 7) is 10.4. The van der Waals surface area contributed by atoms with E-state index in [2.05, 4.69) is 75.9 Å². The fourth-order valence-electron chi connectivity index (χ4n) is 7.08. The third-order valence-electron chi connectivity index (χ3n) is 8.98. The van der Waals surface area contributed by atoms with E-state index in [1.165, 1.54) is 4.88 Å². The minimum absolute atomic E-state index is 0.0265. The zero-order valence-electron chi connectivity index (χ0n) is 25.6. The molecule has 3 aromatic carbocycles. The number of hydrogen-bond acceptors (Lipinski definition) is 4. The van der Waals surface area contributed by atoms with Crippen molar-refractivity contribution < 1.29 is 14.3 Å². The van der Waals surface area contributed by atoms with Crippen LogP contribution in [0.1, 0.15) is 36.9 Å². The molecule has 0 N–H and O–H groups in total. The molecule has 2 aliphatic rings. The van der Waals surface area contributed by atoms with Crippen molar-refractivity contribution in [1.29, 1.82) is 0 Å². The highest BCUT2D eigenvalue weighted by Gasteiger charge is 2.65. The van der Waals surface area contributed by atoms with Gasteiger partial charge in [-0.25, -0.2) is 4.79 Å². The third kappa shape index (κ3) is 4.97. The van der Waals surface area contributed by atoms with Crippen molar-refractivity contribution in [2.75, 3.05) is 6.61 Å². The number of rotatable bonds is 11. The molecule has 4 nitrogen and oxygen atoms in total. The zero-order chi connectivity index (χ0) is 30.8. The van der Waals surface area contributed by atoms with Gasteiger partial charge >= 0.3 is 5.97 Å². The number of benzene rings is 3. The van der Waals surface area contributed by atoms with Gasteiger partial charge in [-0.1, -0.05) is 88.0 Å². The van der Waals surface area contributed by atoms with Gasteiger partial charge in [-0.2, -0.15) is 0 Å². The van der Waals surface area contributed by atoms with Crippen molar-refractivity contribution in [1.82, 2.24) is 4.90 Å². The molecule has 0 bridgehead atoms. The molecule has 0 aliphatic carbocycles. The van der Waals surface area contributed by atoms with Crippen molar-refractivity contribution in [2.45, 2.75) is 45.3 Å². The Morgan fingerprint density at radius 1 is 0.932 bits per heavy atom. The quantitative estimate of drug-likeness (QED) is 0.0786. The Morgan fingerprint density at radius 3 is 1.93 bits per heavy atom. The molecule has 6 heteroatoms. The molecule has 1 saturated heterocycles. The SMILES string of the molecule is C=CCOC(=O)C(C1=C(c2ccc(CC)s2)C[C@@H]2[C@@H](C(C)C)C(=O)N12)[P+](c1ccccc1)(c1ccccc1)c1ccccc1. The maximum absolute atomic E-state index is 14.9. The van der Waals surface area contributed by atoms with Crippen LogP contribution in [0.5, 0.6) is 0 Å². The van der Waals surface area contributed by atoms with Gasteiger partial charge in [0.25, 0.3) is 0 Å². The van der Waals surface area contributed by atoms with Crippen LogP contribution in [0.25, 0.3) is 5.57 Å². The Kier molecular flexibility index (Phi) is 8.71. The van der Waals surface area contributed by atoms with Crippen LogP contribution in [0.15, 0.2) is 121 Å². The van der Waals surface area contributed by atoms with Gasteiger partial charge in [0.05, 0.1) is 17.7 Å². The fourth-order valence-corrected chi connectivity index (χ4v) is 12.8. The van der Waals surface area contributed by atoms with E-state index in [1.807, 2.05) is 59.5 Å². The Morgan fingerprint density at radius 2 is 1.48 bits per heavy atom. The van der Waals surface area contributed by atoms with Gasteiger partial charge in [0.15, 0.2) is 0 Å². The molecule has 1 aromatic heterocycles. The van der Waals surface area contributed by atoms with Crippen molar-refractivity contribution in [3.63, 3.8) is 0 Å². The number of β-lactam (4-membered cyclic amide) rings is 1. The number of hydrogen-bond donors (Lipinski definition) is 0. The third-order valence-corrected chi connectivity index (χ3v) is 14.8. The molecule has 4 aromatic rings. The van der Waals surface area contributed by atoms with E-state index in [0.717, 1.165) is 44.9 Å². The number of nitrogens with zero attached hydrogens (tertiary/aromatic N) is 1. The highest BCUT2D eigenvalue weighted by Crippen LogP contribution is 2.66. The monoisotopic (exact) mass is 620 g/mol. The van der Waals surface area contributed by atoms with Gasteiger partial charge in [-0.05, 0) is 72.9 Å². The first kappa shape index (κ1) is 30.2. The van der Waals surface area contributed by atoms with Crippen molar-refractivity contribution in [2.24, 2.45) is 11.8 Å². The van der Waals surface area contributed by atoms with Gasteiger partial charge in [-0.15, -0.1) is 11.3 Å². The van der Waals surface area contributed by atoms with E-state index in [0.29, 0.717) is 0 Å². The summed E-state index contributed by atoms with van der Waals surface area (Å²) < 4.78 is 6.07. The van der Waals surface area contributed by atoms with Gasteiger partial charge < -0.3 is 9.64 Å². The summed E-state index contributed by atoms with van der Waals surface area (Å²) in [7, 11) is -2.82. The van der Waals surface area contributed by atoms with E-state index < -0.39 is 12.9 Å². The smallest absolute Gasteiger partial charge is 0.354 e. The standard InChI is InChI=1S/C38H39NO3PS/c1-5-24-42-38(41)36(35-31(33-23-22-30(6-2)44-33)25-32-34(26(3)4)37(40)39(32)35)43(27-16-10-7-11-17-27,28-18-12-8-13-19-28)29-20-14-9-15-21-29/h5,7-23,26,32,34,36H,1,6,24-25H2,2-4H3/q+1/t32-,34-,36?/m1/s1. The minimum Gasteiger partial charge on any atom is -0.458 e. The number of aryl methyl sites for hydroxylation is 1. The van der Waals surface area contributed by atoms with E-state index in [4.69, 9.17) is 4.74 Å². The normalized spacial score (nSPS) is 18.6. The van der Waals surface area contributed by atoms with E-state index in [9.17, 15) is 9.59 Å². The number of esters is 1. The summed E-state index contributed by atoms with van der Waals surface area (Å²) in [6, 6.07) is 35.6. The van der Waals surface area contributed by atoms with Crippen LogP contribution in [0, 0.1) is 11.8 Å². The lowest BCUT2D eigenvalue weighted by Gasteiger charge is -2.48. The van der Waals surface area contributed by atoms with Crippen LogP contribution in [0.2, 0.25) is 0 Å². The summed E-state index contributed by atoms with van der Waals surface area (Å²) in [5.41, 5.74) is 1.18. The molecular weight excluding hydrogens is 581 g/mol. The predicted molar refractivity (Wildman–Crippen MR) is 184 cm³/mol. The van der Waals surface area contributed by atoms with Crippen LogP contribution in [-0.4, -0.2) is 35.1 Å². The highest BCUT2D eigenvalue weighted by molar-refractivity contribution is 7.97. The maximum atomic E-state index is 14.9. The molecule has 3 atom stereocenters. The summed E-state index contributed by atoms with van der Waals surface area (Å²) in [4.78, 5) is 33.4. The Labute approximate surface area is 265 Å². The van der Waals surface area contributed by atoms with Crippen molar-refractivity contribution in [3.8, 4) is 0 Å². The summed E-state index contributed by atoms with van der Waals surface area (Å²) >= 11 is 1.77. The molecular formula is C38H39NO3PS+. The van der Waals surface area contributed by atoms with Gasteiger partial charge in [0.2, 0.25) is 11.6 Å². The Bertz CT molecular complexity index is 1580. The number of amides is 1. The minimum atomic E-state index is -2.82. The topological polar surface area (TPSA) is 46.6 Å². The molecule has 0 spiro atoms. The highest BCUT2D eigenvalue weighted by atomic mass is 32.1. The number of thiophene rings is 1. The van der Waals surface area contributed by atoms with Crippen LogP contribution in [-0.2, 0) is 20.7 Å². The number of ether oxygens (including phenoxy) is 1. The molecule has 44 heavy (non-hydrogen) atoms. The summed E-state index contributed by atoms with van der Waals surface area (Å²) in [6.07, 6.45) is 3.29. The summed E-state index contributed by atoms with van der Waals surface area (Å²) in [5, 5.41) is 3.21. The van der Waals surface area contributed by atoms with E-state index >= 15 is 0 Å². The number of fused-ring (bicyclic) bond motifs is 1. The summed E-state index contributed by atoms with van der Waals surface area (Å²) in [5.74, 6) is -0.0788. The second kappa shape index (κ2) is 12.7. The van der Waals surface area contributed by atoms with Crippen molar-refractivity contribution >= 4 is 52.0 Å². The first-order valence-corrected chi connectivity index (χ1v) is 18.1. The van der Waals surface area contributed by atoms with Gasteiger partial charge in [-0.3, -0.25) is 4.79 Å². The first-order valence-electron chi connectivity index (χ1n) is 15.4. The second-order valence-corrected chi connectivity index (χ2v) is 16.5. The molecule has 0 radical (unpaired) electrons. The number of carbonyl (C=O) groups excluding carboxylic acids is 2. The lowest BCUT2D eigenvalue weighted by Crippen LogP contribution is -2.61. The van der Waals surface area contributed by atoms with Crippen molar-refractivity contribution in [3.05, 3.63) is 131 Å². The van der Waals surface area contributed by atoms with Crippen LogP contribution >= 0.6 is 18.6 Å². The van der Waals surface area contributed by atoms with Crippen LogP contribution in [0.3, 0.4) is 0 Å². The second-order valence-electron chi connectivity index (χ2n) is 11.8. The molecule has 3 heterocycles. The predicted octanol–water partition coefficient (Wildman–Crippen LogP) is 7.00. The fraction of sp³-hybridized carbons (Fsp3) is 0.263. The first-order chi connectivity index (χ1) is 21.4. The lowest BCUT2D eigenvalue weighted by atomic mass is 9.78. The van der Waals surface area contributed by atoms with Gasteiger partial charge in [0.1, 0.15) is 29.8 Å². The average Bonchev–Trinajstić information content (AvgIpc) is 3.66. The molecule has 1 unspecified atom stereocenters. The van der Waals surface area contributed by atoms with E-state index in [1.54, 1.807) is 17.4 Å². The number of carbonyl (C=O) groups is 2. The Balaban J connectivity index is 1.72. The molecule has 1 amide bonds.